The lowest BCUT2D eigenvalue weighted by Crippen LogP contribution is -2.51. The Balaban J connectivity index is 2.03. The minimum atomic E-state index is -4.12. The van der Waals surface area contributed by atoms with Gasteiger partial charge in [0.25, 0.3) is 10.0 Å². The van der Waals surface area contributed by atoms with Crippen molar-refractivity contribution < 1.29 is 22.7 Å². The second-order valence-corrected chi connectivity index (χ2v) is 10.7. The minimum absolute atomic E-state index is 0.0456. The largest absolute Gasteiger partial charge is 0.494 e. The van der Waals surface area contributed by atoms with E-state index >= 15 is 0 Å². The van der Waals surface area contributed by atoms with Gasteiger partial charge in [-0.1, -0.05) is 48.9 Å². The number of likely N-dealkylation sites (N-methyl/N-ethyl adjacent to an activating group) is 1. The molecule has 0 radical (unpaired) electrons. The highest BCUT2D eigenvalue weighted by Crippen LogP contribution is 2.27. The lowest BCUT2D eigenvalue weighted by Gasteiger charge is -2.33. The molecule has 8 nitrogen and oxygen atoms in total. The number of hydrogen-bond donors (Lipinski definition) is 1. The summed E-state index contributed by atoms with van der Waals surface area (Å²) in [6.45, 7) is 3.70. The Labute approximate surface area is 229 Å². The van der Waals surface area contributed by atoms with Crippen LogP contribution in [0.4, 0.5) is 5.69 Å². The number of amides is 2. The fourth-order valence-electron chi connectivity index (χ4n) is 4.00. The maximum absolute atomic E-state index is 13.9. The molecule has 0 aliphatic rings. The summed E-state index contributed by atoms with van der Waals surface area (Å²) in [6.07, 6.45) is 0.341. The van der Waals surface area contributed by atoms with Crippen LogP contribution in [0, 0.1) is 0 Å². The van der Waals surface area contributed by atoms with Crippen molar-refractivity contribution in [3.8, 4) is 5.75 Å². The number of rotatable bonds is 12. The molecule has 0 heterocycles. The van der Waals surface area contributed by atoms with Gasteiger partial charge in [-0.3, -0.25) is 13.9 Å². The van der Waals surface area contributed by atoms with E-state index in [1.54, 1.807) is 73.7 Å². The van der Waals surface area contributed by atoms with Crippen molar-refractivity contribution in [2.75, 3.05) is 24.5 Å². The van der Waals surface area contributed by atoms with Gasteiger partial charge in [0.15, 0.2) is 0 Å². The predicted molar refractivity (Wildman–Crippen MR) is 149 cm³/mol. The van der Waals surface area contributed by atoms with Gasteiger partial charge in [-0.05, 0) is 67.4 Å². The highest BCUT2D eigenvalue weighted by atomic mass is 35.5. The standard InChI is InChI=1S/C28H32ClN3O5S/c1-4-26(28(34)30-3)31(19-21-11-13-22(29)14-12-21)27(33)20-32(23-15-17-24(18-16-23)37-5-2)38(35,36)25-9-7-6-8-10-25/h6-18,26H,4-5,19-20H2,1-3H3,(H,30,34). The second-order valence-electron chi connectivity index (χ2n) is 8.44. The Kier molecular flexibility index (Phi) is 10.2. The van der Waals surface area contributed by atoms with Crippen LogP contribution in [0.25, 0.3) is 0 Å². The van der Waals surface area contributed by atoms with Crippen molar-refractivity contribution in [3.63, 3.8) is 0 Å². The number of carbonyl (C=O) groups excluding carboxylic acids is 2. The first-order valence-electron chi connectivity index (χ1n) is 12.3. The van der Waals surface area contributed by atoms with Crippen LogP contribution < -0.4 is 14.4 Å². The summed E-state index contributed by atoms with van der Waals surface area (Å²) >= 11 is 6.02. The number of halogens is 1. The molecule has 38 heavy (non-hydrogen) atoms. The zero-order valence-corrected chi connectivity index (χ0v) is 23.2. The summed E-state index contributed by atoms with van der Waals surface area (Å²) < 4.78 is 34.1. The molecule has 0 aliphatic carbocycles. The molecule has 3 aromatic carbocycles. The average Bonchev–Trinajstić information content (AvgIpc) is 2.93. The van der Waals surface area contributed by atoms with E-state index in [9.17, 15) is 18.0 Å². The van der Waals surface area contributed by atoms with Gasteiger partial charge in [-0.2, -0.15) is 0 Å². The van der Waals surface area contributed by atoms with Crippen molar-refractivity contribution in [3.05, 3.63) is 89.4 Å². The monoisotopic (exact) mass is 557 g/mol. The number of sulfonamides is 1. The smallest absolute Gasteiger partial charge is 0.264 e. The highest BCUT2D eigenvalue weighted by Gasteiger charge is 2.33. The summed E-state index contributed by atoms with van der Waals surface area (Å²) in [7, 11) is -2.62. The quantitative estimate of drug-likeness (QED) is 0.354. The molecule has 0 saturated carbocycles. The molecule has 3 rings (SSSR count). The Morgan fingerprint density at radius 3 is 2.13 bits per heavy atom. The Hall–Kier alpha value is -3.56. The average molecular weight is 558 g/mol. The third-order valence-corrected chi connectivity index (χ3v) is 7.98. The van der Waals surface area contributed by atoms with Crippen molar-refractivity contribution in [1.82, 2.24) is 10.2 Å². The van der Waals surface area contributed by atoms with Crippen LogP contribution in [-0.4, -0.2) is 51.4 Å². The van der Waals surface area contributed by atoms with Crippen LogP contribution in [0.1, 0.15) is 25.8 Å². The van der Waals surface area contributed by atoms with Crippen LogP contribution in [0.5, 0.6) is 5.75 Å². The summed E-state index contributed by atoms with van der Waals surface area (Å²) in [5.74, 6) is -0.285. The van der Waals surface area contributed by atoms with Gasteiger partial charge in [0.2, 0.25) is 11.8 Å². The number of anilines is 1. The molecule has 1 atom stereocenters. The van der Waals surface area contributed by atoms with Crippen LogP contribution in [0.15, 0.2) is 83.8 Å². The zero-order valence-electron chi connectivity index (χ0n) is 21.6. The van der Waals surface area contributed by atoms with Crippen molar-refractivity contribution in [2.45, 2.75) is 37.8 Å². The molecule has 0 spiro atoms. The molecule has 202 valence electrons. The molecule has 0 saturated heterocycles. The van der Waals surface area contributed by atoms with E-state index in [0.717, 1.165) is 9.87 Å². The number of hydrogen-bond acceptors (Lipinski definition) is 5. The summed E-state index contributed by atoms with van der Waals surface area (Å²) in [5, 5.41) is 3.15. The second kappa shape index (κ2) is 13.3. The first-order valence-corrected chi connectivity index (χ1v) is 14.1. The molecule has 1 unspecified atom stereocenters. The molecule has 1 N–H and O–H groups in total. The number of benzene rings is 3. The third kappa shape index (κ3) is 7.05. The van der Waals surface area contributed by atoms with E-state index in [-0.39, 0.29) is 17.3 Å². The zero-order chi connectivity index (χ0) is 27.7. The molecule has 2 amide bonds. The highest BCUT2D eigenvalue weighted by molar-refractivity contribution is 7.92. The molecule has 0 bridgehead atoms. The fourth-order valence-corrected chi connectivity index (χ4v) is 5.56. The van der Waals surface area contributed by atoms with Gasteiger partial charge in [-0.25, -0.2) is 8.42 Å². The Morgan fingerprint density at radius 2 is 1.58 bits per heavy atom. The molecule has 3 aromatic rings. The van der Waals surface area contributed by atoms with E-state index in [0.29, 0.717) is 29.5 Å². The summed E-state index contributed by atoms with van der Waals surface area (Å²) in [6, 6.07) is 20.6. The van der Waals surface area contributed by atoms with Gasteiger partial charge >= 0.3 is 0 Å². The van der Waals surface area contributed by atoms with Crippen LogP contribution in [0.2, 0.25) is 5.02 Å². The number of ether oxygens (including phenoxy) is 1. The first kappa shape index (κ1) is 29.0. The molecule has 0 aliphatic heterocycles. The van der Waals surface area contributed by atoms with Gasteiger partial charge in [0.1, 0.15) is 18.3 Å². The van der Waals surface area contributed by atoms with Crippen molar-refractivity contribution >= 4 is 39.1 Å². The normalized spacial score (nSPS) is 11.9. The molecule has 0 fully saturated rings. The van der Waals surface area contributed by atoms with E-state index in [2.05, 4.69) is 5.32 Å². The minimum Gasteiger partial charge on any atom is -0.494 e. The summed E-state index contributed by atoms with van der Waals surface area (Å²) in [4.78, 5) is 28.0. The first-order chi connectivity index (χ1) is 18.2. The van der Waals surface area contributed by atoms with Crippen LogP contribution in [-0.2, 0) is 26.2 Å². The van der Waals surface area contributed by atoms with Crippen LogP contribution >= 0.6 is 11.6 Å². The number of carbonyl (C=O) groups is 2. The molecular weight excluding hydrogens is 526 g/mol. The Bertz CT molecular complexity index is 1320. The molecular formula is C28H32ClN3O5S. The van der Waals surface area contributed by atoms with Crippen LogP contribution in [0.3, 0.4) is 0 Å². The lowest BCUT2D eigenvalue weighted by molar-refractivity contribution is -0.140. The number of nitrogens with zero attached hydrogens (tertiary/aromatic N) is 2. The maximum Gasteiger partial charge on any atom is 0.264 e. The Morgan fingerprint density at radius 1 is 0.947 bits per heavy atom. The third-order valence-electron chi connectivity index (χ3n) is 5.94. The van der Waals surface area contributed by atoms with E-state index in [1.807, 2.05) is 6.92 Å². The van der Waals surface area contributed by atoms with Gasteiger partial charge < -0.3 is 15.0 Å². The van der Waals surface area contributed by atoms with Gasteiger partial charge in [0.05, 0.1) is 17.2 Å². The number of nitrogens with one attached hydrogen (secondary N) is 1. The predicted octanol–water partition coefficient (Wildman–Crippen LogP) is 4.49. The van der Waals surface area contributed by atoms with Gasteiger partial charge in [-0.15, -0.1) is 0 Å². The summed E-state index contributed by atoms with van der Waals surface area (Å²) in [5.41, 5.74) is 1.05. The van der Waals surface area contributed by atoms with Gasteiger partial charge in [0, 0.05) is 18.6 Å². The lowest BCUT2D eigenvalue weighted by atomic mass is 10.1. The van der Waals surface area contributed by atoms with Crippen molar-refractivity contribution in [2.24, 2.45) is 0 Å². The fraction of sp³-hybridized carbons (Fsp3) is 0.286. The SMILES string of the molecule is CCOc1ccc(N(CC(=O)N(Cc2ccc(Cl)cc2)C(CC)C(=O)NC)S(=O)(=O)c2ccccc2)cc1. The van der Waals surface area contributed by atoms with E-state index < -0.39 is 28.5 Å². The maximum atomic E-state index is 13.9. The van der Waals surface area contributed by atoms with E-state index in [1.165, 1.54) is 24.1 Å². The van der Waals surface area contributed by atoms with E-state index in [4.69, 9.17) is 16.3 Å². The molecule has 0 aromatic heterocycles. The molecule has 10 heteroatoms. The van der Waals surface area contributed by atoms with Crippen molar-refractivity contribution in [1.29, 1.82) is 0 Å². The topological polar surface area (TPSA) is 96.0 Å².